The first-order valence-electron chi connectivity index (χ1n) is 6.11. The standard InChI is InChI=1S/C16H13NO2/c1-10-5-6-14-12(8-10)9-15(19-14)16(18)13-4-3-7-17-11(13)2/h3-9H,1-2H3. The monoisotopic (exact) mass is 251 g/mol. The number of pyridine rings is 1. The van der Waals surface area contributed by atoms with E-state index in [0.717, 1.165) is 16.5 Å². The van der Waals surface area contributed by atoms with Gasteiger partial charge < -0.3 is 4.42 Å². The van der Waals surface area contributed by atoms with E-state index in [1.165, 1.54) is 0 Å². The van der Waals surface area contributed by atoms with Gasteiger partial charge >= 0.3 is 0 Å². The normalized spacial score (nSPS) is 10.8. The molecule has 3 heteroatoms. The lowest BCUT2D eigenvalue weighted by molar-refractivity contribution is 0.101. The molecule has 0 radical (unpaired) electrons. The SMILES string of the molecule is Cc1ccc2oc(C(=O)c3cccnc3C)cc2c1. The van der Waals surface area contributed by atoms with Crippen molar-refractivity contribution in [3.05, 3.63) is 65.2 Å². The average molecular weight is 251 g/mol. The fraction of sp³-hybridized carbons (Fsp3) is 0.125. The van der Waals surface area contributed by atoms with Crippen molar-refractivity contribution in [2.24, 2.45) is 0 Å². The van der Waals surface area contributed by atoms with Gasteiger partial charge in [-0.3, -0.25) is 9.78 Å². The van der Waals surface area contributed by atoms with Crippen LogP contribution in [0.3, 0.4) is 0 Å². The van der Waals surface area contributed by atoms with Crippen LogP contribution in [0.1, 0.15) is 27.4 Å². The molecular formula is C16H13NO2. The van der Waals surface area contributed by atoms with Crippen molar-refractivity contribution >= 4 is 16.8 Å². The third-order valence-electron chi connectivity index (χ3n) is 3.15. The number of aromatic nitrogens is 1. The summed E-state index contributed by atoms with van der Waals surface area (Å²) in [7, 11) is 0. The summed E-state index contributed by atoms with van der Waals surface area (Å²) in [5.74, 6) is 0.233. The molecular weight excluding hydrogens is 238 g/mol. The summed E-state index contributed by atoms with van der Waals surface area (Å²) in [5.41, 5.74) is 3.17. The summed E-state index contributed by atoms with van der Waals surface area (Å²) in [6.07, 6.45) is 1.67. The number of benzene rings is 1. The highest BCUT2D eigenvalue weighted by atomic mass is 16.3. The molecule has 3 rings (SSSR count). The van der Waals surface area contributed by atoms with Crippen molar-refractivity contribution in [2.75, 3.05) is 0 Å². The molecule has 3 aromatic rings. The molecule has 0 amide bonds. The van der Waals surface area contributed by atoms with Crippen LogP contribution in [0.25, 0.3) is 11.0 Å². The van der Waals surface area contributed by atoms with Crippen LogP contribution >= 0.6 is 0 Å². The highest BCUT2D eigenvalue weighted by Crippen LogP contribution is 2.23. The molecule has 0 aliphatic heterocycles. The zero-order chi connectivity index (χ0) is 13.4. The van der Waals surface area contributed by atoms with E-state index in [1.807, 2.05) is 32.0 Å². The molecule has 0 bridgehead atoms. The first-order valence-corrected chi connectivity index (χ1v) is 6.11. The summed E-state index contributed by atoms with van der Waals surface area (Å²) in [6, 6.07) is 11.2. The molecule has 0 unspecified atom stereocenters. The Kier molecular flexibility index (Phi) is 2.67. The minimum absolute atomic E-state index is 0.126. The van der Waals surface area contributed by atoms with Gasteiger partial charge in [0.1, 0.15) is 5.58 Å². The van der Waals surface area contributed by atoms with Gasteiger partial charge in [0.25, 0.3) is 0 Å². The Hall–Kier alpha value is -2.42. The predicted molar refractivity (Wildman–Crippen MR) is 73.4 cm³/mol. The topological polar surface area (TPSA) is 43.1 Å². The van der Waals surface area contributed by atoms with Gasteiger partial charge in [-0.1, -0.05) is 11.6 Å². The second-order valence-electron chi connectivity index (χ2n) is 4.62. The van der Waals surface area contributed by atoms with E-state index in [2.05, 4.69) is 4.98 Å². The number of rotatable bonds is 2. The van der Waals surface area contributed by atoms with Gasteiger partial charge in [0.15, 0.2) is 5.76 Å². The molecule has 0 fully saturated rings. The molecule has 1 aromatic carbocycles. The molecule has 19 heavy (non-hydrogen) atoms. The Bertz CT molecular complexity index is 771. The molecule has 0 spiro atoms. The number of carbonyl (C=O) groups excluding carboxylic acids is 1. The smallest absolute Gasteiger partial charge is 0.230 e. The number of hydrogen-bond acceptors (Lipinski definition) is 3. The summed E-state index contributed by atoms with van der Waals surface area (Å²) in [5, 5.41) is 0.949. The van der Waals surface area contributed by atoms with Crippen molar-refractivity contribution < 1.29 is 9.21 Å². The van der Waals surface area contributed by atoms with Crippen molar-refractivity contribution in [3.8, 4) is 0 Å². The molecule has 94 valence electrons. The Morgan fingerprint density at radius 1 is 1.16 bits per heavy atom. The van der Waals surface area contributed by atoms with Gasteiger partial charge in [-0.15, -0.1) is 0 Å². The van der Waals surface area contributed by atoms with Gasteiger partial charge in [0.2, 0.25) is 5.78 Å². The summed E-state index contributed by atoms with van der Waals surface area (Å²) < 4.78 is 5.62. The minimum Gasteiger partial charge on any atom is -0.453 e. The lowest BCUT2D eigenvalue weighted by Gasteiger charge is -2.00. The number of aryl methyl sites for hydroxylation is 2. The van der Waals surface area contributed by atoms with E-state index < -0.39 is 0 Å². The molecule has 0 saturated carbocycles. The van der Waals surface area contributed by atoms with Crippen LogP contribution in [-0.4, -0.2) is 10.8 Å². The molecule has 0 aliphatic carbocycles. The van der Waals surface area contributed by atoms with Gasteiger partial charge in [-0.25, -0.2) is 0 Å². The number of nitrogens with zero attached hydrogens (tertiary/aromatic N) is 1. The van der Waals surface area contributed by atoms with Crippen LogP contribution in [-0.2, 0) is 0 Å². The molecule has 0 N–H and O–H groups in total. The maximum Gasteiger partial charge on any atom is 0.230 e. The summed E-state index contributed by atoms with van der Waals surface area (Å²) in [6.45, 7) is 3.83. The number of carbonyl (C=O) groups is 1. The van der Waals surface area contributed by atoms with Crippen LogP contribution in [0.5, 0.6) is 0 Å². The van der Waals surface area contributed by atoms with Gasteiger partial charge in [0.05, 0.1) is 0 Å². The van der Waals surface area contributed by atoms with Crippen molar-refractivity contribution in [3.63, 3.8) is 0 Å². The van der Waals surface area contributed by atoms with E-state index in [0.29, 0.717) is 17.0 Å². The third-order valence-corrected chi connectivity index (χ3v) is 3.15. The molecule has 2 aromatic heterocycles. The Labute approximate surface area is 110 Å². The highest BCUT2D eigenvalue weighted by Gasteiger charge is 2.16. The van der Waals surface area contributed by atoms with Crippen molar-refractivity contribution in [1.82, 2.24) is 4.98 Å². The largest absolute Gasteiger partial charge is 0.453 e. The number of furan rings is 1. The fourth-order valence-corrected chi connectivity index (χ4v) is 2.13. The molecule has 3 nitrogen and oxygen atoms in total. The zero-order valence-electron chi connectivity index (χ0n) is 10.8. The Morgan fingerprint density at radius 3 is 2.79 bits per heavy atom. The molecule has 0 atom stereocenters. The molecule has 0 aliphatic rings. The Morgan fingerprint density at radius 2 is 2.00 bits per heavy atom. The van der Waals surface area contributed by atoms with Crippen LogP contribution in [0.4, 0.5) is 0 Å². The summed E-state index contributed by atoms with van der Waals surface area (Å²) in [4.78, 5) is 16.5. The van der Waals surface area contributed by atoms with Crippen LogP contribution in [0.15, 0.2) is 47.0 Å². The number of hydrogen-bond donors (Lipinski definition) is 0. The second-order valence-corrected chi connectivity index (χ2v) is 4.62. The van der Waals surface area contributed by atoms with Crippen LogP contribution in [0.2, 0.25) is 0 Å². The van der Waals surface area contributed by atoms with E-state index >= 15 is 0 Å². The van der Waals surface area contributed by atoms with E-state index in [-0.39, 0.29) is 5.78 Å². The lowest BCUT2D eigenvalue weighted by Crippen LogP contribution is -2.03. The third kappa shape index (κ3) is 2.03. The average Bonchev–Trinajstić information content (AvgIpc) is 2.81. The molecule has 2 heterocycles. The lowest BCUT2D eigenvalue weighted by atomic mass is 10.1. The van der Waals surface area contributed by atoms with Crippen molar-refractivity contribution in [1.29, 1.82) is 0 Å². The zero-order valence-corrected chi connectivity index (χ0v) is 10.8. The first-order chi connectivity index (χ1) is 9.15. The van der Waals surface area contributed by atoms with Gasteiger partial charge in [0, 0.05) is 22.8 Å². The minimum atomic E-state index is -0.126. The van der Waals surface area contributed by atoms with Crippen LogP contribution in [0, 0.1) is 13.8 Å². The first kappa shape index (κ1) is 11.7. The van der Waals surface area contributed by atoms with Crippen LogP contribution < -0.4 is 0 Å². The molecule has 0 saturated heterocycles. The predicted octanol–water partition coefficient (Wildman–Crippen LogP) is 3.68. The highest BCUT2D eigenvalue weighted by molar-refractivity contribution is 6.09. The van der Waals surface area contributed by atoms with Gasteiger partial charge in [-0.05, 0) is 44.2 Å². The maximum absolute atomic E-state index is 12.4. The van der Waals surface area contributed by atoms with Gasteiger partial charge in [-0.2, -0.15) is 0 Å². The number of fused-ring (bicyclic) bond motifs is 1. The Balaban J connectivity index is 2.09. The van der Waals surface area contributed by atoms with E-state index in [4.69, 9.17) is 4.42 Å². The maximum atomic E-state index is 12.4. The summed E-state index contributed by atoms with van der Waals surface area (Å²) >= 11 is 0. The fourth-order valence-electron chi connectivity index (χ4n) is 2.13. The second kappa shape index (κ2) is 4.35. The quantitative estimate of drug-likeness (QED) is 0.652. The van der Waals surface area contributed by atoms with Crippen molar-refractivity contribution in [2.45, 2.75) is 13.8 Å². The van der Waals surface area contributed by atoms with E-state index in [1.54, 1.807) is 24.4 Å². The number of ketones is 1. The van der Waals surface area contributed by atoms with E-state index in [9.17, 15) is 4.79 Å².